The van der Waals surface area contributed by atoms with Crippen LogP contribution in [0.15, 0.2) is 22.7 Å². The summed E-state index contributed by atoms with van der Waals surface area (Å²) in [6.07, 6.45) is 2.48. The van der Waals surface area contributed by atoms with Crippen LogP contribution in [0.4, 0.5) is 0 Å². The van der Waals surface area contributed by atoms with Gasteiger partial charge in [0.05, 0.1) is 0 Å². The van der Waals surface area contributed by atoms with Crippen LogP contribution >= 0.6 is 0 Å². The zero-order chi connectivity index (χ0) is 21.8. The van der Waals surface area contributed by atoms with Crippen LogP contribution in [-0.2, 0) is 4.79 Å². The SMILES string of the molecule is Cc1cc(C)c(-c2cc(C(=O)N3CCCC[C@H]3C(=O)NCCN(C)C)no2)c(C)c1. The molecule has 1 aliphatic rings. The van der Waals surface area contributed by atoms with Gasteiger partial charge in [0, 0.05) is 31.3 Å². The first-order valence-corrected chi connectivity index (χ1v) is 10.6. The first-order chi connectivity index (χ1) is 14.3. The molecule has 0 saturated carbocycles. The van der Waals surface area contributed by atoms with E-state index in [4.69, 9.17) is 4.52 Å². The van der Waals surface area contributed by atoms with Gasteiger partial charge >= 0.3 is 0 Å². The maximum Gasteiger partial charge on any atom is 0.276 e. The second-order valence-electron chi connectivity index (χ2n) is 8.45. The lowest BCUT2D eigenvalue weighted by molar-refractivity contribution is -0.126. The van der Waals surface area contributed by atoms with Crippen molar-refractivity contribution in [1.29, 1.82) is 0 Å². The molecule has 1 fully saturated rings. The number of carbonyl (C=O) groups excluding carboxylic acids is 2. The summed E-state index contributed by atoms with van der Waals surface area (Å²) in [6.45, 7) is 7.98. The van der Waals surface area contributed by atoms with Crippen LogP contribution in [-0.4, -0.2) is 66.5 Å². The molecule has 162 valence electrons. The minimum Gasteiger partial charge on any atom is -0.355 e. The molecule has 0 bridgehead atoms. The van der Waals surface area contributed by atoms with E-state index in [1.165, 1.54) is 5.56 Å². The molecular formula is C23H32N4O3. The summed E-state index contributed by atoms with van der Waals surface area (Å²) in [5.41, 5.74) is 4.56. The highest BCUT2D eigenvalue weighted by molar-refractivity contribution is 5.97. The third kappa shape index (κ3) is 4.90. The minimum atomic E-state index is -0.462. The van der Waals surface area contributed by atoms with Crippen LogP contribution < -0.4 is 5.32 Å². The van der Waals surface area contributed by atoms with Gasteiger partial charge in [0.15, 0.2) is 11.5 Å². The van der Waals surface area contributed by atoms with Gasteiger partial charge in [0.1, 0.15) is 6.04 Å². The average molecular weight is 413 g/mol. The molecule has 1 aromatic carbocycles. The van der Waals surface area contributed by atoms with Crippen molar-refractivity contribution in [1.82, 2.24) is 20.3 Å². The summed E-state index contributed by atoms with van der Waals surface area (Å²) in [5, 5.41) is 7.00. The number of likely N-dealkylation sites (tertiary alicyclic amines) is 1. The number of nitrogens with zero attached hydrogens (tertiary/aromatic N) is 3. The van der Waals surface area contributed by atoms with Crippen molar-refractivity contribution in [2.24, 2.45) is 0 Å². The number of rotatable bonds is 6. The molecule has 2 heterocycles. The summed E-state index contributed by atoms with van der Waals surface area (Å²) < 4.78 is 5.55. The summed E-state index contributed by atoms with van der Waals surface area (Å²) in [5.74, 6) is 0.232. The molecule has 0 radical (unpaired) electrons. The molecule has 2 amide bonds. The van der Waals surface area contributed by atoms with E-state index in [0.29, 0.717) is 25.3 Å². The van der Waals surface area contributed by atoms with Crippen molar-refractivity contribution in [3.63, 3.8) is 0 Å². The van der Waals surface area contributed by atoms with Crippen molar-refractivity contribution in [3.05, 3.63) is 40.6 Å². The third-order valence-electron chi connectivity index (χ3n) is 5.58. The summed E-state index contributed by atoms with van der Waals surface area (Å²) in [6, 6.07) is 5.41. The van der Waals surface area contributed by atoms with Crippen molar-refractivity contribution in [3.8, 4) is 11.3 Å². The van der Waals surface area contributed by atoms with Gasteiger partial charge in [0.2, 0.25) is 5.91 Å². The molecular weight excluding hydrogens is 380 g/mol. The van der Waals surface area contributed by atoms with E-state index in [0.717, 1.165) is 36.1 Å². The third-order valence-corrected chi connectivity index (χ3v) is 5.58. The first-order valence-electron chi connectivity index (χ1n) is 10.6. The lowest BCUT2D eigenvalue weighted by Crippen LogP contribution is -2.52. The maximum atomic E-state index is 13.2. The zero-order valence-electron chi connectivity index (χ0n) is 18.6. The predicted octanol–water partition coefficient (Wildman–Crippen LogP) is 2.94. The first kappa shape index (κ1) is 22.0. The largest absolute Gasteiger partial charge is 0.355 e. The quantitative estimate of drug-likeness (QED) is 0.789. The van der Waals surface area contributed by atoms with E-state index in [9.17, 15) is 9.59 Å². The second kappa shape index (κ2) is 9.43. The van der Waals surface area contributed by atoms with E-state index >= 15 is 0 Å². The number of likely N-dealkylation sites (N-methyl/N-ethyl adjacent to an activating group) is 1. The molecule has 7 heteroatoms. The van der Waals surface area contributed by atoms with E-state index in [-0.39, 0.29) is 17.5 Å². The fraction of sp³-hybridized carbons (Fsp3) is 0.522. The van der Waals surface area contributed by atoms with Gasteiger partial charge in [-0.3, -0.25) is 9.59 Å². The van der Waals surface area contributed by atoms with Gasteiger partial charge in [-0.1, -0.05) is 22.9 Å². The topological polar surface area (TPSA) is 78.7 Å². The van der Waals surface area contributed by atoms with Crippen LogP contribution in [0.2, 0.25) is 0 Å². The van der Waals surface area contributed by atoms with E-state index in [1.54, 1.807) is 11.0 Å². The summed E-state index contributed by atoms with van der Waals surface area (Å²) in [4.78, 5) is 29.5. The van der Waals surface area contributed by atoms with Gasteiger partial charge in [-0.25, -0.2) is 0 Å². The molecule has 2 aromatic rings. The Labute approximate surface area is 178 Å². The number of hydrogen-bond donors (Lipinski definition) is 1. The molecule has 1 N–H and O–H groups in total. The standard InChI is InChI=1S/C23H32N4O3/c1-15-12-16(2)21(17(3)13-15)20-14-18(25-30-20)23(29)27-10-7-6-8-19(27)22(28)24-9-11-26(4)5/h12-14,19H,6-11H2,1-5H3,(H,24,28)/t19-/m0/s1. The Morgan fingerprint density at radius 3 is 2.53 bits per heavy atom. The predicted molar refractivity (Wildman–Crippen MR) is 116 cm³/mol. The molecule has 0 aliphatic carbocycles. The van der Waals surface area contributed by atoms with Crippen molar-refractivity contribution < 1.29 is 14.1 Å². The van der Waals surface area contributed by atoms with E-state index < -0.39 is 6.04 Å². The maximum absolute atomic E-state index is 13.2. The molecule has 1 atom stereocenters. The fourth-order valence-electron chi connectivity index (χ4n) is 4.18. The van der Waals surface area contributed by atoms with Crippen LogP contribution in [0.1, 0.15) is 46.4 Å². The Morgan fingerprint density at radius 1 is 1.17 bits per heavy atom. The molecule has 0 unspecified atom stereocenters. The van der Waals surface area contributed by atoms with Gasteiger partial charge in [-0.15, -0.1) is 0 Å². The molecule has 0 spiro atoms. The lowest BCUT2D eigenvalue weighted by atomic mass is 9.97. The van der Waals surface area contributed by atoms with E-state index in [2.05, 4.69) is 29.5 Å². The minimum absolute atomic E-state index is 0.0983. The Kier molecular flexibility index (Phi) is 6.92. The number of piperidine rings is 1. The normalized spacial score (nSPS) is 16.7. The highest BCUT2D eigenvalue weighted by Crippen LogP contribution is 2.30. The molecule has 30 heavy (non-hydrogen) atoms. The van der Waals surface area contributed by atoms with Crippen molar-refractivity contribution >= 4 is 11.8 Å². The number of benzene rings is 1. The second-order valence-corrected chi connectivity index (χ2v) is 8.45. The number of aromatic nitrogens is 1. The molecule has 1 aromatic heterocycles. The van der Waals surface area contributed by atoms with Crippen molar-refractivity contribution in [2.45, 2.75) is 46.1 Å². The van der Waals surface area contributed by atoms with Crippen LogP contribution in [0.5, 0.6) is 0 Å². The summed E-state index contributed by atoms with van der Waals surface area (Å²) in [7, 11) is 3.92. The van der Waals surface area contributed by atoms with Crippen LogP contribution in [0, 0.1) is 20.8 Å². The Morgan fingerprint density at radius 2 is 1.87 bits per heavy atom. The molecule has 1 saturated heterocycles. The van der Waals surface area contributed by atoms with Crippen LogP contribution in [0.3, 0.4) is 0 Å². The number of hydrogen-bond acceptors (Lipinski definition) is 5. The van der Waals surface area contributed by atoms with Gasteiger partial charge in [-0.05, 0) is 65.3 Å². The Hall–Kier alpha value is -2.67. The lowest BCUT2D eigenvalue weighted by Gasteiger charge is -2.34. The van der Waals surface area contributed by atoms with Gasteiger partial charge in [-0.2, -0.15) is 0 Å². The smallest absolute Gasteiger partial charge is 0.276 e. The Balaban J connectivity index is 1.77. The number of carbonyl (C=O) groups is 2. The fourth-order valence-corrected chi connectivity index (χ4v) is 4.18. The summed E-state index contributed by atoms with van der Waals surface area (Å²) >= 11 is 0. The number of nitrogens with one attached hydrogen (secondary N) is 1. The van der Waals surface area contributed by atoms with Gasteiger partial charge < -0.3 is 19.6 Å². The molecule has 7 nitrogen and oxygen atoms in total. The number of amides is 2. The van der Waals surface area contributed by atoms with Crippen LogP contribution in [0.25, 0.3) is 11.3 Å². The number of aryl methyl sites for hydroxylation is 3. The zero-order valence-corrected chi connectivity index (χ0v) is 18.6. The molecule has 1 aliphatic heterocycles. The monoisotopic (exact) mass is 412 g/mol. The Bertz CT molecular complexity index is 896. The highest BCUT2D eigenvalue weighted by atomic mass is 16.5. The molecule has 3 rings (SSSR count). The van der Waals surface area contributed by atoms with Gasteiger partial charge in [0.25, 0.3) is 5.91 Å². The van der Waals surface area contributed by atoms with E-state index in [1.807, 2.05) is 32.8 Å². The average Bonchev–Trinajstić information content (AvgIpc) is 3.16. The highest BCUT2D eigenvalue weighted by Gasteiger charge is 2.34. The van der Waals surface area contributed by atoms with Crippen molar-refractivity contribution in [2.75, 3.05) is 33.7 Å².